The van der Waals surface area contributed by atoms with Crippen LogP contribution in [0.1, 0.15) is 52.4 Å². The molecule has 15 heavy (non-hydrogen) atoms. The maximum atomic E-state index is 10.1. The van der Waals surface area contributed by atoms with Gasteiger partial charge < -0.3 is 9.47 Å². The van der Waals surface area contributed by atoms with Crippen molar-refractivity contribution in [2.75, 3.05) is 19.8 Å². The fraction of sp³-hybridized carbons (Fsp3) is 0.917. The Balaban J connectivity index is 0.000000280. The highest BCUT2D eigenvalue weighted by Gasteiger charge is 1.95. The first-order valence-corrected chi connectivity index (χ1v) is 5.98. The summed E-state index contributed by atoms with van der Waals surface area (Å²) in [5, 5.41) is 0. The lowest BCUT2D eigenvalue weighted by atomic mass is 10.0. The Hall–Kier alpha value is -0.570. The summed E-state index contributed by atoms with van der Waals surface area (Å²) in [5.74, 6) is -0.255. The van der Waals surface area contributed by atoms with Gasteiger partial charge in [-0.1, -0.05) is 38.5 Å². The van der Waals surface area contributed by atoms with E-state index in [4.69, 9.17) is 4.74 Å². The molecule has 0 aliphatic heterocycles. The van der Waals surface area contributed by atoms with Gasteiger partial charge in [-0.2, -0.15) is 0 Å². The van der Waals surface area contributed by atoms with Gasteiger partial charge in [0.25, 0.3) is 0 Å². The topological polar surface area (TPSA) is 35.5 Å². The largest absolute Gasteiger partial charge is 0.463 e. The van der Waals surface area contributed by atoms with Crippen LogP contribution in [0.15, 0.2) is 0 Å². The van der Waals surface area contributed by atoms with E-state index in [1.54, 1.807) is 0 Å². The second kappa shape index (κ2) is 11.5. The monoisotopic (exact) mass is 216 g/mol. The van der Waals surface area contributed by atoms with Crippen LogP contribution in [0.2, 0.25) is 0 Å². The molecule has 0 amide bonds. The Morgan fingerprint density at radius 1 is 1.00 bits per heavy atom. The summed E-state index contributed by atoms with van der Waals surface area (Å²) in [5.41, 5.74) is 0. The SMILES string of the molecule is C1CCCCC1.CCOCCOC(C)=O. The molecule has 3 nitrogen and oxygen atoms in total. The summed E-state index contributed by atoms with van der Waals surface area (Å²) in [4.78, 5) is 10.1. The van der Waals surface area contributed by atoms with Gasteiger partial charge in [0.2, 0.25) is 0 Å². The standard InChI is InChI=1S/C6H12O3.C6H12/c1-3-8-4-5-9-6(2)7;1-2-4-6-5-3-1/h3-5H2,1-2H3;1-6H2. The summed E-state index contributed by atoms with van der Waals surface area (Å²) in [6.07, 6.45) is 9.00. The predicted molar refractivity (Wildman–Crippen MR) is 60.8 cm³/mol. The maximum absolute atomic E-state index is 10.1. The van der Waals surface area contributed by atoms with Crippen molar-refractivity contribution >= 4 is 5.97 Å². The number of ether oxygens (including phenoxy) is 2. The normalized spacial score (nSPS) is 15.1. The van der Waals surface area contributed by atoms with E-state index in [0.717, 1.165) is 0 Å². The fourth-order valence-corrected chi connectivity index (χ4v) is 1.45. The number of esters is 1. The lowest BCUT2D eigenvalue weighted by Crippen LogP contribution is -2.06. The van der Waals surface area contributed by atoms with Gasteiger partial charge in [0, 0.05) is 13.5 Å². The molecule has 0 aromatic carbocycles. The van der Waals surface area contributed by atoms with E-state index in [9.17, 15) is 4.79 Å². The lowest BCUT2D eigenvalue weighted by Gasteiger charge is -2.05. The molecule has 1 aliphatic rings. The van der Waals surface area contributed by atoms with E-state index in [1.165, 1.54) is 45.4 Å². The van der Waals surface area contributed by atoms with Gasteiger partial charge in [-0.3, -0.25) is 4.79 Å². The van der Waals surface area contributed by atoms with Gasteiger partial charge >= 0.3 is 5.97 Å². The first kappa shape index (κ1) is 14.4. The van der Waals surface area contributed by atoms with Crippen LogP contribution in [0, 0.1) is 0 Å². The first-order chi connectivity index (χ1) is 7.27. The Bertz CT molecular complexity index is 130. The Kier molecular flexibility index (Phi) is 11.1. The highest BCUT2D eigenvalue weighted by molar-refractivity contribution is 5.65. The lowest BCUT2D eigenvalue weighted by molar-refractivity contribution is -0.142. The zero-order chi connectivity index (χ0) is 11.4. The predicted octanol–water partition coefficient (Wildman–Crippen LogP) is 2.93. The van der Waals surface area contributed by atoms with Crippen molar-refractivity contribution in [3.63, 3.8) is 0 Å². The van der Waals surface area contributed by atoms with Crippen LogP contribution >= 0.6 is 0 Å². The number of carbonyl (C=O) groups excluding carboxylic acids is 1. The van der Waals surface area contributed by atoms with E-state index < -0.39 is 0 Å². The quantitative estimate of drug-likeness (QED) is 0.535. The average molecular weight is 216 g/mol. The second-order valence-electron chi connectivity index (χ2n) is 3.66. The maximum Gasteiger partial charge on any atom is 0.302 e. The Labute approximate surface area is 93.1 Å². The van der Waals surface area contributed by atoms with Crippen LogP contribution in [-0.2, 0) is 14.3 Å². The highest BCUT2D eigenvalue weighted by Crippen LogP contribution is 2.15. The molecule has 0 N–H and O–H groups in total. The van der Waals surface area contributed by atoms with E-state index in [0.29, 0.717) is 19.8 Å². The molecule has 1 fully saturated rings. The van der Waals surface area contributed by atoms with E-state index in [-0.39, 0.29) is 5.97 Å². The third kappa shape index (κ3) is 13.4. The molecule has 0 unspecified atom stereocenters. The molecular weight excluding hydrogens is 192 g/mol. The van der Waals surface area contributed by atoms with Gasteiger partial charge in [-0.05, 0) is 6.92 Å². The van der Waals surface area contributed by atoms with Crippen molar-refractivity contribution in [2.45, 2.75) is 52.4 Å². The fourth-order valence-electron chi connectivity index (χ4n) is 1.45. The zero-order valence-electron chi connectivity index (χ0n) is 10.1. The molecule has 0 radical (unpaired) electrons. The molecule has 90 valence electrons. The summed E-state index contributed by atoms with van der Waals surface area (Å²) >= 11 is 0. The van der Waals surface area contributed by atoms with Gasteiger partial charge in [0.15, 0.2) is 0 Å². The molecule has 1 saturated carbocycles. The van der Waals surface area contributed by atoms with Gasteiger partial charge in [-0.15, -0.1) is 0 Å². The van der Waals surface area contributed by atoms with Crippen molar-refractivity contribution in [3.05, 3.63) is 0 Å². The molecule has 1 aliphatic carbocycles. The number of hydrogen-bond donors (Lipinski definition) is 0. The molecular formula is C12H24O3. The van der Waals surface area contributed by atoms with E-state index in [2.05, 4.69) is 4.74 Å². The van der Waals surface area contributed by atoms with Crippen LogP contribution < -0.4 is 0 Å². The van der Waals surface area contributed by atoms with Crippen LogP contribution in [0.25, 0.3) is 0 Å². The molecule has 0 spiro atoms. The van der Waals surface area contributed by atoms with Gasteiger partial charge in [0.1, 0.15) is 6.61 Å². The van der Waals surface area contributed by atoms with E-state index >= 15 is 0 Å². The molecule has 3 heteroatoms. The Morgan fingerprint density at radius 2 is 1.47 bits per heavy atom. The Morgan fingerprint density at radius 3 is 1.80 bits per heavy atom. The molecule has 0 aromatic heterocycles. The number of carbonyl (C=O) groups is 1. The van der Waals surface area contributed by atoms with Crippen molar-refractivity contribution < 1.29 is 14.3 Å². The van der Waals surface area contributed by atoms with Gasteiger partial charge in [-0.25, -0.2) is 0 Å². The minimum absolute atomic E-state index is 0.255. The highest BCUT2D eigenvalue weighted by atomic mass is 16.6. The van der Waals surface area contributed by atoms with Gasteiger partial charge in [0.05, 0.1) is 6.61 Å². The minimum Gasteiger partial charge on any atom is -0.463 e. The first-order valence-electron chi connectivity index (χ1n) is 5.98. The molecule has 0 saturated heterocycles. The van der Waals surface area contributed by atoms with Crippen LogP contribution in [-0.4, -0.2) is 25.8 Å². The van der Waals surface area contributed by atoms with Crippen molar-refractivity contribution in [1.82, 2.24) is 0 Å². The van der Waals surface area contributed by atoms with Crippen LogP contribution in [0.3, 0.4) is 0 Å². The third-order valence-corrected chi connectivity index (χ3v) is 2.24. The summed E-state index contributed by atoms with van der Waals surface area (Å²) < 4.78 is 9.49. The molecule has 1 rings (SSSR count). The smallest absolute Gasteiger partial charge is 0.302 e. The molecule has 0 heterocycles. The average Bonchev–Trinajstić information content (AvgIpc) is 2.28. The van der Waals surface area contributed by atoms with Crippen molar-refractivity contribution in [3.8, 4) is 0 Å². The molecule has 0 atom stereocenters. The number of hydrogen-bond acceptors (Lipinski definition) is 3. The molecule has 0 bridgehead atoms. The van der Waals surface area contributed by atoms with Crippen LogP contribution in [0.4, 0.5) is 0 Å². The second-order valence-corrected chi connectivity index (χ2v) is 3.66. The number of rotatable bonds is 4. The van der Waals surface area contributed by atoms with Crippen molar-refractivity contribution in [1.29, 1.82) is 0 Å². The van der Waals surface area contributed by atoms with Crippen molar-refractivity contribution in [2.24, 2.45) is 0 Å². The summed E-state index contributed by atoms with van der Waals surface area (Å²) in [6, 6.07) is 0. The third-order valence-electron chi connectivity index (χ3n) is 2.24. The zero-order valence-corrected chi connectivity index (χ0v) is 10.1. The summed E-state index contributed by atoms with van der Waals surface area (Å²) in [7, 11) is 0. The molecule has 0 aromatic rings. The summed E-state index contributed by atoms with van der Waals surface area (Å²) in [6.45, 7) is 4.81. The van der Waals surface area contributed by atoms with Crippen LogP contribution in [0.5, 0.6) is 0 Å². The van der Waals surface area contributed by atoms with E-state index in [1.807, 2.05) is 6.92 Å². The minimum atomic E-state index is -0.255.